The molecule has 0 heterocycles. The van der Waals surface area contributed by atoms with Crippen molar-refractivity contribution in [1.82, 2.24) is 5.32 Å². The van der Waals surface area contributed by atoms with Crippen LogP contribution in [0, 0.1) is 0 Å². The molecule has 0 aromatic heterocycles. The van der Waals surface area contributed by atoms with Gasteiger partial charge in [0.1, 0.15) is 0 Å². The molecule has 1 aromatic carbocycles. The molecule has 0 aliphatic heterocycles. The predicted octanol–water partition coefficient (Wildman–Crippen LogP) is 3.83. The van der Waals surface area contributed by atoms with E-state index in [2.05, 4.69) is 57.3 Å². The van der Waals surface area contributed by atoms with Gasteiger partial charge in [0.2, 0.25) is 5.91 Å². The quantitative estimate of drug-likeness (QED) is 0.828. The molecule has 19 heavy (non-hydrogen) atoms. The molecule has 0 spiro atoms. The molecule has 1 amide bonds. The second-order valence-electron chi connectivity index (χ2n) is 6.15. The largest absolute Gasteiger partial charge is 0.356 e. The Morgan fingerprint density at radius 1 is 1.16 bits per heavy atom. The number of unbranched alkanes of at least 4 members (excludes halogenated alkanes) is 1. The maximum Gasteiger partial charge on any atom is 0.220 e. The van der Waals surface area contributed by atoms with Gasteiger partial charge in [-0.25, -0.2) is 0 Å². The average Bonchev–Trinajstić information content (AvgIpc) is 2.36. The molecule has 106 valence electrons. The summed E-state index contributed by atoms with van der Waals surface area (Å²) in [4.78, 5) is 11.5. The lowest BCUT2D eigenvalue weighted by Crippen LogP contribution is -2.25. The summed E-state index contributed by atoms with van der Waals surface area (Å²) in [7, 11) is 0. The van der Waals surface area contributed by atoms with Crippen molar-refractivity contribution in [2.75, 3.05) is 6.54 Å². The first-order valence-corrected chi connectivity index (χ1v) is 7.29. The van der Waals surface area contributed by atoms with Crippen LogP contribution in [0.2, 0.25) is 0 Å². The third-order valence-corrected chi connectivity index (χ3v) is 3.31. The van der Waals surface area contributed by atoms with Crippen LogP contribution < -0.4 is 5.32 Å². The van der Waals surface area contributed by atoms with E-state index in [9.17, 15) is 4.79 Å². The van der Waals surface area contributed by atoms with Crippen molar-refractivity contribution < 1.29 is 4.79 Å². The molecule has 0 bridgehead atoms. The maximum atomic E-state index is 11.5. The number of amides is 1. The van der Waals surface area contributed by atoms with Crippen molar-refractivity contribution in [3.8, 4) is 0 Å². The van der Waals surface area contributed by atoms with E-state index in [1.807, 2.05) is 0 Å². The molecule has 2 heteroatoms. The van der Waals surface area contributed by atoms with Crippen molar-refractivity contribution in [3.05, 3.63) is 35.4 Å². The summed E-state index contributed by atoms with van der Waals surface area (Å²) in [6, 6.07) is 8.71. The fourth-order valence-corrected chi connectivity index (χ4v) is 1.94. The van der Waals surface area contributed by atoms with Gasteiger partial charge >= 0.3 is 0 Å². The van der Waals surface area contributed by atoms with E-state index in [0.29, 0.717) is 6.42 Å². The zero-order chi connectivity index (χ0) is 14.3. The van der Waals surface area contributed by atoms with Gasteiger partial charge in [-0.05, 0) is 29.4 Å². The summed E-state index contributed by atoms with van der Waals surface area (Å²) < 4.78 is 0. The van der Waals surface area contributed by atoms with Crippen molar-refractivity contribution in [3.63, 3.8) is 0 Å². The molecule has 0 aliphatic carbocycles. The molecule has 0 radical (unpaired) electrons. The standard InChI is InChI=1S/C17H27NO/c1-5-6-7-16(19)18-13-12-14-8-10-15(11-9-14)17(2,3)4/h8-11H,5-7,12-13H2,1-4H3,(H,18,19). The fourth-order valence-electron chi connectivity index (χ4n) is 1.94. The van der Waals surface area contributed by atoms with E-state index < -0.39 is 0 Å². The molecule has 0 fully saturated rings. The summed E-state index contributed by atoms with van der Waals surface area (Å²) in [5.74, 6) is 0.174. The number of nitrogens with one attached hydrogen (secondary N) is 1. The maximum absolute atomic E-state index is 11.5. The molecule has 0 saturated heterocycles. The Labute approximate surface area is 117 Å². The first-order chi connectivity index (χ1) is 8.93. The Balaban J connectivity index is 2.36. The molecule has 0 unspecified atom stereocenters. The summed E-state index contributed by atoms with van der Waals surface area (Å²) in [5.41, 5.74) is 2.83. The van der Waals surface area contributed by atoms with Gasteiger partial charge in [-0.3, -0.25) is 4.79 Å². The van der Waals surface area contributed by atoms with E-state index in [0.717, 1.165) is 25.8 Å². The van der Waals surface area contributed by atoms with Gasteiger partial charge in [0.05, 0.1) is 0 Å². The zero-order valence-electron chi connectivity index (χ0n) is 12.8. The third kappa shape index (κ3) is 5.91. The summed E-state index contributed by atoms with van der Waals surface area (Å²) in [6.45, 7) is 9.49. The van der Waals surface area contributed by atoms with E-state index in [4.69, 9.17) is 0 Å². The highest BCUT2D eigenvalue weighted by Crippen LogP contribution is 2.22. The van der Waals surface area contributed by atoms with Gasteiger partial charge in [0.25, 0.3) is 0 Å². The SMILES string of the molecule is CCCCC(=O)NCCc1ccc(C(C)(C)C)cc1. The van der Waals surface area contributed by atoms with E-state index in [1.54, 1.807) is 0 Å². The van der Waals surface area contributed by atoms with Crippen LogP contribution in [0.3, 0.4) is 0 Å². The lowest BCUT2D eigenvalue weighted by atomic mass is 9.86. The van der Waals surface area contributed by atoms with Crippen molar-refractivity contribution in [2.24, 2.45) is 0 Å². The van der Waals surface area contributed by atoms with Crippen molar-refractivity contribution in [1.29, 1.82) is 0 Å². The van der Waals surface area contributed by atoms with Gasteiger partial charge in [-0.1, -0.05) is 58.4 Å². The van der Waals surface area contributed by atoms with Crippen molar-refractivity contribution in [2.45, 2.75) is 58.8 Å². The zero-order valence-corrected chi connectivity index (χ0v) is 12.8. The van der Waals surface area contributed by atoms with E-state index in [1.165, 1.54) is 11.1 Å². The van der Waals surface area contributed by atoms with Crippen molar-refractivity contribution >= 4 is 5.91 Å². The van der Waals surface area contributed by atoms with E-state index >= 15 is 0 Å². The summed E-state index contributed by atoms with van der Waals surface area (Å²) in [6.07, 6.45) is 3.61. The second kappa shape index (κ2) is 7.32. The highest BCUT2D eigenvalue weighted by atomic mass is 16.1. The Morgan fingerprint density at radius 2 is 1.79 bits per heavy atom. The molecular formula is C17H27NO. The van der Waals surface area contributed by atoms with Crippen LogP contribution in [0.15, 0.2) is 24.3 Å². The number of carbonyl (C=O) groups excluding carboxylic acids is 1. The lowest BCUT2D eigenvalue weighted by Gasteiger charge is -2.19. The minimum Gasteiger partial charge on any atom is -0.356 e. The number of benzene rings is 1. The first kappa shape index (κ1) is 15.7. The average molecular weight is 261 g/mol. The summed E-state index contributed by atoms with van der Waals surface area (Å²) >= 11 is 0. The Hall–Kier alpha value is -1.31. The molecule has 1 aromatic rings. The molecule has 0 saturated carbocycles. The van der Waals surface area contributed by atoms with Gasteiger partial charge in [-0.15, -0.1) is 0 Å². The molecule has 2 nitrogen and oxygen atoms in total. The first-order valence-electron chi connectivity index (χ1n) is 7.29. The van der Waals surface area contributed by atoms with Crippen LogP contribution in [-0.4, -0.2) is 12.5 Å². The highest BCUT2D eigenvalue weighted by molar-refractivity contribution is 5.75. The predicted molar refractivity (Wildman–Crippen MR) is 81.4 cm³/mol. The Bertz CT molecular complexity index is 387. The van der Waals surface area contributed by atoms with Crippen LogP contribution >= 0.6 is 0 Å². The number of hydrogen-bond acceptors (Lipinski definition) is 1. The fraction of sp³-hybridized carbons (Fsp3) is 0.588. The van der Waals surface area contributed by atoms with Crippen LogP contribution in [-0.2, 0) is 16.6 Å². The molecule has 0 atom stereocenters. The smallest absolute Gasteiger partial charge is 0.220 e. The van der Waals surface area contributed by atoms with Crippen LogP contribution in [0.25, 0.3) is 0 Å². The molecule has 0 aliphatic rings. The second-order valence-corrected chi connectivity index (χ2v) is 6.15. The topological polar surface area (TPSA) is 29.1 Å². The van der Waals surface area contributed by atoms with E-state index in [-0.39, 0.29) is 11.3 Å². The van der Waals surface area contributed by atoms with Gasteiger partial charge in [0.15, 0.2) is 0 Å². The Kier molecular flexibility index (Phi) is 6.07. The molecular weight excluding hydrogens is 234 g/mol. The number of rotatable bonds is 6. The monoisotopic (exact) mass is 261 g/mol. The molecule has 1 N–H and O–H groups in total. The number of hydrogen-bond donors (Lipinski definition) is 1. The van der Waals surface area contributed by atoms with Crippen LogP contribution in [0.5, 0.6) is 0 Å². The minimum atomic E-state index is 0.174. The van der Waals surface area contributed by atoms with Gasteiger partial charge in [-0.2, -0.15) is 0 Å². The van der Waals surface area contributed by atoms with Crippen LogP contribution in [0.1, 0.15) is 58.1 Å². The van der Waals surface area contributed by atoms with Gasteiger partial charge in [0, 0.05) is 13.0 Å². The molecule has 1 rings (SSSR count). The minimum absolute atomic E-state index is 0.174. The van der Waals surface area contributed by atoms with Crippen LogP contribution in [0.4, 0.5) is 0 Å². The number of carbonyl (C=O) groups is 1. The Morgan fingerprint density at radius 3 is 2.32 bits per heavy atom. The normalized spacial score (nSPS) is 11.4. The van der Waals surface area contributed by atoms with Gasteiger partial charge < -0.3 is 5.32 Å². The lowest BCUT2D eigenvalue weighted by molar-refractivity contribution is -0.121. The summed E-state index contributed by atoms with van der Waals surface area (Å²) in [5, 5.41) is 2.97. The highest BCUT2D eigenvalue weighted by Gasteiger charge is 2.12. The third-order valence-electron chi connectivity index (χ3n) is 3.31.